The topological polar surface area (TPSA) is 12.5 Å². The Hall–Kier alpha value is -1.81. The van der Waals surface area contributed by atoms with Gasteiger partial charge in [0.2, 0.25) is 0 Å². The molecular weight excluding hydrogens is 445 g/mol. The number of halogens is 3. The van der Waals surface area contributed by atoms with E-state index in [0.29, 0.717) is 23.7 Å². The van der Waals surface area contributed by atoms with E-state index in [9.17, 15) is 4.39 Å². The molecule has 1 unspecified atom stereocenters. The maximum absolute atomic E-state index is 15.2. The van der Waals surface area contributed by atoms with Crippen molar-refractivity contribution in [3.8, 4) is 0 Å². The number of hydrogen-bond acceptors (Lipinski definition) is 1. The summed E-state index contributed by atoms with van der Waals surface area (Å²) in [6, 6.07) is 9.24. The summed E-state index contributed by atoms with van der Waals surface area (Å²) in [6.45, 7) is 2.91. The van der Waals surface area contributed by atoms with Gasteiger partial charge in [0.15, 0.2) is 11.6 Å². The molecule has 5 rings (SSSR count). The minimum absolute atomic E-state index is 0.0777. The molecule has 2 aromatic rings. The summed E-state index contributed by atoms with van der Waals surface area (Å²) < 4.78 is 50.0. The van der Waals surface area contributed by atoms with Gasteiger partial charge in [-0.05, 0) is 116 Å². The first-order valence-corrected chi connectivity index (χ1v) is 13.9. The fraction of sp³-hybridized carbons (Fsp3) is 0.613. The van der Waals surface area contributed by atoms with E-state index in [0.717, 1.165) is 81.3 Å². The molecule has 1 atom stereocenters. The van der Waals surface area contributed by atoms with Crippen molar-refractivity contribution in [2.75, 3.05) is 6.61 Å². The van der Waals surface area contributed by atoms with Gasteiger partial charge in [-0.15, -0.1) is 0 Å². The zero-order chi connectivity index (χ0) is 24.4. The van der Waals surface area contributed by atoms with E-state index in [1.807, 2.05) is 24.3 Å². The molecule has 1 aliphatic heterocycles. The number of hydrogen-bond donors (Lipinski definition) is 0. The van der Waals surface area contributed by atoms with Crippen LogP contribution in [0.1, 0.15) is 118 Å². The molecule has 4 heteroatoms. The fourth-order valence-corrected chi connectivity index (χ4v) is 6.71. The normalized spacial score (nSPS) is 28.7. The first kappa shape index (κ1) is 24.9. The van der Waals surface area contributed by atoms with Crippen molar-refractivity contribution in [2.24, 2.45) is 11.8 Å². The monoisotopic (exact) mass is 484 g/mol. The lowest BCUT2D eigenvalue weighted by Gasteiger charge is -2.31. The number of ether oxygens (including phenoxy) is 1. The van der Waals surface area contributed by atoms with Gasteiger partial charge in [-0.1, -0.05) is 44.0 Å². The smallest absolute Gasteiger partial charge is 0.162 e. The molecule has 1 saturated heterocycles. The summed E-state index contributed by atoms with van der Waals surface area (Å²) in [6.07, 6.45) is 12.2. The van der Waals surface area contributed by atoms with E-state index < -0.39 is 11.6 Å². The van der Waals surface area contributed by atoms with Gasteiger partial charge in [-0.3, -0.25) is 0 Å². The summed E-state index contributed by atoms with van der Waals surface area (Å²) in [4.78, 5) is 0. The van der Waals surface area contributed by atoms with Crippen molar-refractivity contribution in [1.82, 2.24) is 0 Å². The first-order valence-electron chi connectivity index (χ1n) is 13.9. The van der Waals surface area contributed by atoms with Crippen LogP contribution in [0.4, 0.5) is 13.2 Å². The second kappa shape index (κ2) is 11.1. The Bertz CT molecular complexity index is 999. The van der Waals surface area contributed by atoms with Crippen LogP contribution in [0.2, 0.25) is 0 Å². The molecule has 3 aliphatic rings. The van der Waals surface area contributed by atoms with Gasteiger partial charge in [0.05, 0.1) is 6.61 Å². The van der Waals surface area contributed by atoms with Crippen LogP contribution >= 0.6 is 0 Å². The average Bonchev–Trinajstić information content (AvgIpc) is 3.72. The number of benzene rings is 2. The Morgan fingerprint density at radius 3 is 1.77 bits per heavy atom. The third-order valence-electron chi connectivity index (χ3n) is 9.02. The van der Waals surface area contributed by atoms with Gasteiger partial charge >= 0.3 is 0 Å². The molecule has 0 aromatic heterocycles. The maximum Gasteiger partial charge on any atom is 0.162 e. The molecule has 2 saturated carbocycles. The zero-order valence-corrected chi connectivity index (χ0v) is 21.0. The molecule has 0 amide bonds. The van der Waals surface area contributed by atoms with E-state index in [1.165, 1.54) is 12.8 Å². The third kappa shape index (κ3) is 5.79. The molecule has 0 radical (unpaired) electrons. The van der Waals surface area contributed by atoms with Crippen LogP contribution in [0, 0.1) is 29.3 Å². The highest BCUT2D eigenvalue weighted by atomic mass is 19.2. The van der Waals surface area contributed by atoms with E-state index in [1.54, 1.807) is 6.07 Å². The van der Waals surface area contributed by atoms with E-state index >= 15 is 8.78 Å². The number of epoxide rings is 1. The van der Waals surface area contributed by atoms with Gasteiger partial charge in [0.1, 0.15) is 11.9 Å². The SMILES string of the molecule is CCCC1CCC(c2ccc(C3CCC(CCc4ccc(C5CO5)cc4F)CC3)c(F)c2F)CC1. The number of rotatable bonds is 8. The Balaban J connectivity index is 1.14. The minimum atomic E-state index is -0.608. The standard InChI is InChI=1S/C31H39F3O/c1-2-3-20-4-9-22(10-5-20)26-16-17-27(31(34)30(26)33)23-11-6-21(7-12-23)8-13-24-14-15-25(18-28(24)32)29-19-35-29/h14-18,20-23,29H,2-13,19H2,1H3. The Morgan fingerprint density at radius 1 is 0.743 bits per heavy atom. The lowest BCUT2D eigenvalue weighted by molar-refractivity contribution is 0.297. The Kier molecular flexibility index (Phi) is 7.86. The fourth-order valence-electron chi connectivity index (χ4n) is 6.71. The summed E-state index contributed by atoms with van der Waals surface area (Å²) in [5, 5.41) is 0. The predicted molar refractivity (Wildman–Crippen MR) is 134 cm³/mol. The van der Waals surface area contributed by atoms with E-state index in [4.69, 9.17) is 4.74 Å². The second-order valence-corrected chi connectivity index (χ2v) is 11.3. The zero-order valence-electron chi connectivity index (χ0n) is 21.0. The summed E-state index contributed by atoms with van der Waals surface area (Å²) in [7, 11) is 0. The van der Waals surface area contributed by atoms with Crippen molar-refractivity contribution in [3.05, 3.63) is 70.0 Å². The van der Waals surface area contributed by atoms with Crippen molar-refractivity contribution >= 4 is 0 Å². The highest BCUT2D eigenvalue weighted by Crippen LogP contribution is 2.42. The number of aryl methyl sites for hydroxylation is 1. The molecule has 3 fully saturated rings. The van der Waals surface area contributed by atoms with E-state index in [-0.39, 0.29) is 23.8 Å². The van der Waals surface area contributed by atoms with Gasteiger partial charge in [-0.2, -0.15) is 0 Å². The van der Waals surface area contributed by atoms with Crippen LogP contribution in [0.25, 0.3) is 0 Å². The lowest BCUT2D eigenvalue weighted by atomic mass is 9.75. The van der Waals surface area contributed by atoms with Crippen molar-refractivity contribution < 1.29 is 17.9 Å². The Morgan fingerprint density at radius 2 is 1.29 bits per heavy atom. The van der Waals surface area contributed by atoms with Crippen molar-refractivity contribution in [2.45, 2.75) is 102 Å². The average molecular weight is 485 g/mol. The van der Waals surface area contributed by atoms with Crippen molar-refractivity contribution in [3.63, 3.8) is 0 Å². The summed E-state index contributed by atoms with van der Waals surface area (Å²) in [5.74, 6) is 0.179. The largest absolute Gasteiger partial charge is 0.368 e. The van der Waals surface area contributed by atoms with Gasteiger partial charge in [0, 0.05) is 0 Å². The van der Waals surface area contributed by atoms with Crippen LogP contribution in [-0.2, 0) is 11.2 Å². The highest BCUT2D eigenvalue weighted by molar-refractivity contribution is 5.32. The van der Waals surface area contributed by atoms with Gasteiger partial charge < -0.3 is 4.74 Å². The predicted octanol–water partition coefficient (Wildman–Crippen LogP) is 9.16. The molecule has 0 spiro atoms. The van der Waals surface area contributed by atoms with Crippen LogP contribution in [0.3, 0.4) is 0 Å². The molecule has 0 bridgehead atoms. The molecule has 35 heavy (non-hydrogen) atoms. The molecular formula is C31H39F3O. The quantitative estimate of drug-likeness (QED) is 0.340. The van der Waals surface area contributed by atoms with Gasteiger partial charge in [-0.25, -0.2) is 13.2 Å². The van der Waals surface area contributed by atoms with Crippen LogP contribution in [-0.4, -0.2) is 6.61 Å². The second-order valence-electron chi connectivity index (χ2n) is 11.3. The van der Waals surface area contributed by atoms with Gasteiger partial charge in [0.25, 0.3) is 0 Å². The molecule has 0 N–H and O–H groups in total. The van der Waals surface area contributed by atoms with Crippen molar-refractivity contribution in [1.29, 1.82) is 0 Å². The summed E-state index contributed by atoms with van der Waals surface area (Å²) in [5.41, 5.74) is 2.85. The Labute approximate surface area is 208 Å². The maximum atomic E-state index is 15.2. The molecule has 1 heterocycles. The minimum Gasteiger partial charge on any atom is -0.368 e. The highest BCUT2D eigenvalue weighted by Gasteiger charge is 2.30. The van der Waals surface area contributed by atoms with E-state index in [2.05, 4.69) is 6.92 Å². The molecule has 190 valence electrons. The van der Waals surface area contributed by atoms with Crippen LogP contribution in [0.5, 0.6) is 0 Å². The van der Waals surface area contributed by atoms with Crippen LogP contribution in [0.15, 0.2) is 30.3 Å². The third-order valence-corrected chi connectivity index (χ3v) is 9.02. The molecule has 1 nitrogen and oxygen atoms in total. The lowest BCUT2D eigenvalue weighted by Crippen LogP contribution is -2.17. The first-order chi connectivity index (χ1) is 17.0. The summed E-state index contributed by atoms with van der Waals surface area (Å²) >= 11 is 0. The molecule has 2 aliphatic carbocycles. The molecule has 2 aromatic carbocycles. The van der Waals surface area contributed by atoms with Crippen LogP contribution < -0.4 is 0 Å².